The molecule has 2 rings (SSSR count). The molecule has 1 aromatic heterocycles. The van der Waals surface area contributed by atoms with E-state index in [1.807, 2.05) is 12.1 Å². The molecule has 5 N–H and O–H groups in total. The average Bonchev–Trinajstić information content (AvgIpc) is 2.92. The third kappa shape index (κ3) is 2.73. The number of benzene rings is 1. The molecule has 1 amide bonds. The van der Waals surface area contributed by atoms with Crippen LogP contribution in [-0.4, -0.2) is 33.6 Å². The van der Waals surface area contributed by atoms with Gasteiger partial charge in [-0.1, -0.05) is 12.1 Å². The predicted octanol–water partition coefficient (Wildman–Crippen LogP) is 0.335. The van der Waals surface area contributed by atoms with E-state index in [2.05, 4.69) is 15.3 Å². The van der Waals surface area contributed by atoms with Gasteiger partial charge in [0.2, 0.25) is 5.91 Å². The molecule has 0 saturated heterocycles. The largest absolute Gasteiger partial charge is 0.394 e. The summed E-state index contributed by atoms with van der Waals surface area (Å²) in [6.45, 7) is -0.383. The van der Waals surface area contributed by atoms with Gasteiger partial charge in [0.15, 0.2) is 0 Å². The molecule has 94 valence electrons. The number of nitrogens with one attached hydrogen (secondary N) is 2. The molecule has 1 heterocycles. The number of carbonyl (C=O) groups excluding carboxylic acids is 1. The number of nitrogens with two attached hydrogens (primary N) is 1. The van der Waals surface area contributed by atoms with Crippen LogP contribution >= 0.6 is 0 Å². The number of aromatic amines is 1. The molecule has 0 fully saturated rings. The van der Waals surface area contributed by atoms with Gasteiger partial charge in [0.25, 0.3) is 0 Å². The number of amides is 1. The fourth-order valence-electron chi connectivity index (χ4n) is 1.50. The van der Waals surface area contributed by atoms with Crippen molar-refractivity contribution in [3.05, 3.63) is 36.8 Å². The van der Waals surface area contributed by atoms with E-state index in [-0.39, 0.29) is 6.61 Å². The van der Waals surface area contributed by atoms with Crippen molar-refractivity contribution in [2.45, 2.75) is 6.04 Å². The fourth-order valence-corrected chi connectivity index (χ4v) is 1.50. The van der Waals surface area contributed by atoms with Crippen LogP contribution in [0.2, 0.25) is 0 Å². The number of aliphatic hydroxyl groups is 1. The third-order valence-corrected chi connectivity index (χ3v) is 2.47. The molecule has 0 bridgehead atoms. The number of aliphatic hydroxyl groups excluding tert-OH is 1. The first-order chi connectivity index (χ1) is 8.70. The Bertz CT molecular complexity index is 525. The topological polar surface area (TPSA) is 104 Å². The Labute approximate surface area is 104 Å². The second-order valence-electron chi connectivity index (χ2n) is 3.82. The van der Waals surface area contributed by atoms with Gasteiger partial charge in [0.1, 0.15) is 6.04 Å². The van der Waals surface area contributed by atoms with Gasteiger partial charge >= 0.3 is 0 Å². The molecule has 0 spiro atoms. The van der Waals surface area contributed by atoms with Crippen molar-refractivity contribution in [2.24, 2.45) is 5.73 Å². The van der Waals surface area contributed by atoms with Crippen molar-refractivity contribution >= 4 is 11.6 Å². The summed E-state index contributed by atoms with van der Waals surface area (Å²) in [6, 6.07) is 6.35. The van der Waals surface area contributed by atoms with Crippen molar-refractivity contribution in [1.82, 2.24) is 9.97 Å². The highest BCUT2D eigenvalue weighted by Crippen LogP contribution is 2.20. The van der Waals surface area contributed by atoms with Crippen LogP contribution in [0.1, 0.15) is 0 Å². The summed E-state index contributed by atoms with van der Waals surface area (Å²) in [4.78, 5) is 18.4. The van der Waals surface area contributed by atoms with Gasteiger partial charge in [-0.05, 0) is 12.1 Å². The Morgan fingerprint density at radius 2 is 2.39 bits per heavy atom. The maximum absolute atomic E-state index is 11.5. The number of carbonyl (C=O) groups is 1. The summed E-state index contributed by atoms with van der Waals surface area (Å²) in [5.74, 6) is -0.417. The number of imidazole rings is 1. The molecular formula is C12H14N4O2. The number of rotatable bonds is 4. The molecule has 0 aliphatic carbocycles. The lowest BCUT2D eigenvalue weighted by molar-refractivity contribution is -0.118. The maximum Gasteiger partial charge on any atom is 0.243 e. The second-order valence-corrected chi connectivity index (χ2v) is 3.82. The van der Waals surface area contributed by atoms with E-state index < -0.39 is 11.9 Å². The van der Waals surface area contributed by atoms with Gasteiger partial charge < -0.3 is 21.1 Å². The summed E-state index contributed by atoms with van der Waals surface area (Å²) < 4.78 is 0. The highest BCUT2D eigenvalue weighted by atomic mass is 16.3. The molecule has 1 atom stereocenters. The SMILES string of the molecule is N[C@@H](CO)C(=O)Nc1cccc(-c2cnc[nH]2)c1. The van der Waals surface area contributed by atoms with E-state index in [9.17, 15) is 4.79 Å². The molecule has 0 aliphatic rings. The Balaban J connectivity index is 2.16. The second kappa shape index (κ2) is 5.44. The average molecular weight is 246 g/mol. The first-order valence-electron chi connectivity index (χ1n) is 5.47. The highest BCUT2D eigenvalue weighted by molar-refractivity contribution is 5.95. The molecule has 0 radical (unpaired) electrons. The maximum atomic E-state index is 11.5. The van der Waals surface area contributed by atoms with Crippen LogP contribution in [0.3, 0.4) is 0 Å². The van der Waals surface area contributed by atoms with Crippen LogP contribution in [-0.2, 0) is 4.79 Å². The fraction of sp³-hybridized carbons (Fsp3) is 0.167. The molecule has 1 aromatic carbocycles. The monoisotopic (exact) mass is 246 g/mol. The smallest absolute Gasteiger partial charge is 0.243 e. The summed E-state index contributed by atoms with van der Waals surface area (Å²) in [7, 11) is 0. The molecule has 2 aromatic rings. The van der Waals surface area contributed by atoms with E-state index in [1.165, 1.54) is 0 Å². The minimum Gasteiger partial charge on any atom is -0.394 e. The van der Waals surface area contributed by atoms with Crippen LogP contribution in [0.15, 0.2) is 36.8 Å². The minimum atomic E-state index is -0.916. The quantitative estimate of drug-likeness (QED) is 0.624. The van der Waals surface area contributed by atoms with E-state index in [0.717, 1.165) is 11.3 Å². The number of aromatic nitrogens is 2. The van der Waals surface area contributed by atoms with Crippen molar-refractivity contribution in [3.8, 4) is 11.3 Å². The Morgan fingerprint density at radius 1 is 1.56 bits per heavy atom. The molecule has 0 saturated carbocycles. The van der Waals surface area contributed by atoms with Crippen LogP contribution in [0.5, 0.6) is 0 Å². The zero-order valence-corrected chi connectivity index (χ0v) is 9.63. The number of hydrogen-bond donors (Lipinski definition) is 4. The standard InChI is InChI=1S/C12H14N4O2/c13-10(6-17)12(18)16-9-3-1-2-8(4-9)11-5-14-7-15-11/h1-5,7,10,17H,6,13H2,(H,14,15)(H,16,18)/t10-/m0/s1. The van der Waals surface area contributed by atoms with Crippen molar-refractivity contribution in [2.75, 3.05) is 11.9 Å². The van der Waals surface area contributed by atoms with Crippen LogP contribution in [0.4, 0.5) is 5.69 Å². The van der Waals surface area contributed by atoms with E-state index in [0.29, 0.717) is 5.69 Å². The molecule has 0 aliphatic heterocycles. The molecule has 6 nitrogen and oxygen atoms in total. The lowest BCUT2D eigenvalue weighted by atomic mass is 10.1. The minimum absolute atomic E-state index is 0.383. The molecular weight excluding hydrogens is 232 g/mol. The van der Waals surface area contributed by atoms with Crippen LogP contribution in [0.25, 0.3) is 11.3 Å². The van der Waals surface area contributed by atoms with Gasteiger partial charge in [-0.25, -0.2) is 4.98 Å². The summed E-state index contributed by atoms with van der Waals surface area (Å²) in [5, 5.41) is 11.4. The van der Waals surface area contributed by atoms with Gasteiger partial charge in [0.05, 0.1) is 24.8 Å². The lowest BCUT2D eigenvalue weighted by Gasteiger charge is -2.10. The van der Waals surface area contributed by atoms with Crippen LogP contribution < -0.4 is 11.1 Å². The lowest BCUT2D eigenvalue weighted by Crippen LogP contribution is -2.38. The van der Waals surface area contributed by atoms with Crippen LogP contribution in [0, 0.1) is 0 Å². The Hall–Kier alpha value is -2.18. The zero-order chi connectivity index (χ0) is 13.0. The number of anilines is 1. The van der Waals surface area contributed by atoms with Crippen molar-refractivity contribution < 1.29 is 9.90 Å². The number of hydrogen-bond acceptors (Lipinski definition) is 4. The van der Waals surface area contributed by atoms with Gasteiger partial charge in [-0.15, -0.1) is 0 Å². The molecule has 6 heteroatoms. The predicted molar refractivity (Wildman–Crippen MR) is 67.7 cm³/mol. The Morgan fingerprint density at radius 3 is 3.06 bits per heavy atom. The van der Waals surface area contributed by atoms with Gasteiger partial charge in [-0.2, -0.15) is 0 Å². The van der Waals surface area contributed by atoms with Crippen molar-refractivity contribution in [3.63, 3.8) is 0 Å². The summed E-state index contributed by atoms with van der Waals surface area (Å²) in [5.41, 5.74) is 7.80. The Kier molecular flexibility index (Phi) is 3.71. The first kappa shape index (κ1) is 12.3. The summed E-state index contributed by atoms with van der Waals surface area (Å²) in [6.07, 6.45) is 3.28. The van der Waals surface area contributed by atoms with E-state index in [4.69, 9.17) is 10.8 Å². The molecule has 0 unspecified atom stereocenters. The normalized spacial score (nSPS) is 12.1. The number of nitrogens with zero attached hydrogens (tertiary/aromatic N) is 1. The number of H-pyrrole nitrogens is 1. The zero-order valence-electron chi connectivity index (χ0n) is 9.63. The summed E-state index contributed by atoms with van der Waals surface area (Å²) >= 11 is 0. The molecule has 18 heavy (non-hydrogen) atoms. The van der Waals surface area contributed by atoms with Crippen molar-refractivity contribution in [1.29, 1.82) is 0 Å². The van der Waals surface area contributed by atoms with Gasteiger partial charge in [-0.3, -0.25) is 4.79 Å². The first-order valence-corrected chi connectivity index (χ1v) is 5.47. The highest BCUT2D eigenvalue weighted by Gasteiger charge is 2.12. The van der Waals surface area contributed by atoms with Gasteiger partial charge in [0, 0.05) is 11.3 Å². The van der Waals surface area contributed by atoms with E-state index >= 15 is 0 Å². The third-order valence-electron chi connectivity index (χ3n) is 2.47. The van der Waals surface area contributed by atoms with E-state index in [1.54, 1.807) is 24.7 Å².